The fraction of sp³-hybridized carbons (Fsp3) is 0.231. The Hall–Kier alpha value is -1.75. The van der Waals surface area contributed by atoms with E-state index in [1.807, 2.05) is 22.9 Å². The second kappa shape index (κ2) is 6.26. The van der Waals surface area contributed by atoms with Crippen LogP contribution in [0.5, 0.6) is 0 Å². The molecule has 18 heavy (non-hydrogen) atoms. The lowest BCUT2D eigenvalue weighted by molar-refractivity contribution is 0.0952. The van der Waals surface area contributed by atoms with Gasteiger partial charge >= 0.3 is 0 Å². The summed E-state index contributed by atoms with van der Waals surface area (Å²) >= 11 is 4.18. The third-order valence-electron chi connectivity index (χ3n) is 2.57. The summed E-state index contributed by atoms with van der Waals surface area (Å²) in [4.78, 5) is 16.6. The summed E-state index contributed by atoms with van der Waals surface area (Å²) in [6.07, 6.45) is 6.31. The van der Waals surface area contributed by atoms with Gasteiger partial charge in [0.25, 0.3) is 5.91 Å². The first-order chi connectivity index (χ1) is 8.75. The summed E-state index contributed by atoms with van der Waals surface area (Å²) in [7, 11) is 0. The molecule has 0 bridgehead atoms. The van der Waals surface area contributed by atoms with Crippen molar-refractivity contribution in [1.29, 1.82) is 0 Å². The van der Waals surface area contributed by atoms with Crippen molar-refractivity contribution in [1.82, 2.24) is 14.9 Å². The molecule has 1 N–H and O–H groups in total. The number of aryl methyl sites for hydroxylation is 1. The molecule has 5 heteroatoms. The molecule has 1 aromatic heterocycles. The Labute approximate surface area is 111 Å². The Morgan fingerprint density at radius 2 is 2.11 bits per heavy atom. The first-order valence-corrected chi connectivity index (χ1v) is 6.23. The Morgan fingerprint density at radius 3 is 2.78 bits per heavy atom. The van der Waals surface area contributed by atoms with Crippen molar-refractivity contribution in [2.24, 2.45) is 0 Å². The molecular formula is C13H15N3OS. The average Bonchev–Trinajstić information content (AvgIpc) is 2.88. The molecule has 1 heterocycles. The molecule has 4 nitrogen and oxygen atoms in total. The predicted octanol–water partition coefficient (Wildman–Crippen LogP) is 1.99. The summed E-state index contributed by atoms with van der Waals surface area (Å²) in [5.41, 5.74) is 0.662. The van der Waals surface area contributed by atoms with Gasteiger partial charge in [-0.25, -0.2) is 4.98 Å². The minimum atomic E-state index is -0.0473. The van der Waals surface area contributed by atoms with E-state index in [2.05, 4.69) is 22.9 Å². The number of thiol groups is 1. The quantitative estimate of drug-likeness (QED) is 0.639. The van der Waals surface area contributed by atoms with Crippen LogP contribution in [0.3, 0.4) is 0 Å². The van der Waals surface area contributed by atoms with E-state index in [9.17, 15) is 4.79 Å². The predicted molar refractivity (Wildman–Crippen MR) is 72.9 cm³/mol. The van der Waals surface area contributed by atoms with Gasteiger partial charge in [-0.1, -0.05) is 0 Å². The Kier molecular flexibility index (Phi) is 4.41. The van der Waals surface area contributed by atoms with E-state index in [0.717, 1.165) is 17.9 Å². The van der Waals surface area contributed by atoms with Crippen LogP contribution in [0.2, 0.25) is 0 Å². The van der Waals surface area contributed by atoms with E-state index in [0.29, 0.717) is 12.1 Å². The van der Waals surface area contributed by atoms with Gasteiger partial charge in [0, 0.05) is 35.9 Å². The molecule has 0 atom stereocenters. The van der Waals surface area contributed by atoms with Gasteiger partial charge in [0.15, 0.2) is 0 Å². The van der Waals surface area contributed by atoms with Crippen LogP contribution in [0, 0.1) is 0 Å². The second-order valence-electron chi connectivity index (χ2n) is 3.96. The van der Waals surface area contributed by atoms with Crippen molar-refractivity contribution in [2.45, 2.75) is 17.9 Å². The Balaban J connectivity index is 1.73. The van der Waals surface area contributed by atoms with Crippen molar-refractivity contribution in [3.63, 3.8) is 0 Å². The topological polar surface area (TPSA) is 46.9 Å². The van der Waals surface area contributed by atoms with Crippen molar-refractivity contribution in [3.8, 4) is 0 Å². The van der Waals surface area contributed by atoms with E-state index in [1.54, 1.807) is 24.7 Å². The van der Waals surface area contributed by atoms with Crippen LogP contribution in [0.4, 0.5) is 0 Å². The Morgan fingerprint density at radius 1 is 1.33 bits per heavy atom. The number of carbonyl (C=O) groups is 1. The summed E-state index contributed by atoms with van der Waals surface area (Å²) in [6, 6.07) is 7.16. The number of imidazole rings is 1. The zero-order chi connectivity index (χ0) is 12.8. The minimum Gasteiger partial charge on any atom is -0.352 e. The third-order valence-corrected chi connectivity index (χ3v) is 2.87. The van der Waals surface area contributed by atoms with Crippen LogP contribution in [0.15, 0.2) is 47.9 Å². The monoisotopic (exact) mass is 261 g/mol. The molecule has 94 valence electrons. The molecule has 2 rings (SSSR count). The molecule has 0 fully saturated rings. The van der Waals surface area contributed by atoms with Gasteiger partial charge in [-0.3, -0.25) is 4.79 Å². The van der Waals surface area contributed by atoms with Crippen molar-refractivity contribution < 1.29 is 4.79 Å². The third kappa shape index (κ3) is 3.63. The zero-order valence-electron chi connectivity index (χ0n) is 9.91. The number of amides is 1. The van der Waals surface area contributed by atoms with E-state index in [-0.39, 0.29) is 5.91 Å². The van der Waals surface area contributed by atoms with Gasteiger partial charge in [0.2, 0.25) is 0 Å². The van der Waals surface area contributed by atoms with Crippen LogP contribution < -0.4 is 5.32 Å². The van der Waals surface area contributed by atoms with Crippen molar-refractivity contribution in [3.05, 3.63) is 48.5 Å². The highest BCUT2D eigenvalue weighted by atomic mass is 32.1. The zero-order valence-corrected chi connectivity index (χ0v) is 10.8. The molecule has 0 unspecified atom stereocenters. The molecule has 1 aromatic carbocycles. The Bertz CT molecular complexity index is 493. The molecule has 1 amide bonds. The highest BCUT2D eigenvalue weighted by Gasteiger charge is 2.03. The van der Waals surface area contributed by atoms with Gasteiger partial charge in [0.1, 0.15) is 0 Å². The number of hydrogen-bond acceptors (Lipinski definition) is 3. The number of nitrogens with one attached hydrogen (secondary N) is 1. The van der Waals surface area contributed by atoms with Gasteiger partial charge < -0.3 is 9.88 Å². The number of benzene rings is 1. The lowest BCUT2D eigenvalue weighted by Crippen LogP contribution is -2.25. The molecule has 2 aromatic rings. The van der Waals surface area contributed by atoms with Crippen LogP contribution in [-0.4, -0.2) is 22.0 Å². The van der Waals surface area contributed by atoms with Crippen molar-refractivity contribution in [2.75, 3.05) is 6.54 Å². The SMILES string of the molecule is O=C(NCCCn1ccnc1)c1ccc(S)cc1. The smallest absolute Gasteiger partial charge is 0.251 e. The van der Waals surface area contributed by atoms with Gasteiger partial charge in [0.05, 0.1) is 6.33 Å². The maximum absolute atomic E-state index is 11.8. The molecule has 0 aliphatic rings. The van der Waals surface area contributed by atoms with Gasteiger partial charge in [-0.05, 0) is 30.7 Å². The maximum atomic E-state index is 11.8. The van der Waals surface area contributed by atoms with Crippen LogP contribution in [-0.2, 0) is 6.54 Å². The largest absolute Gasteiger partial charge is 0.352 e. The van der Waals surface area contributed by atoms with Crippen molar-refractivity contribution >= 4 is 18.5 Å². The highest BCUT2D eigenvalue weighted by molar-refractivity contribution is 7.80. The second-order valence-corrected chi connectivity index (χ2v) is 4.47. The molecular weight excluding hydrogens is 246 g/mol. The lowest BCUT2D eigenvalue weighted by atomic mass is 10.2. The number of rotatable bonds is 5. The lowest BCUT2D eigenvalue weighted by Gasteiger charge is -2.06. The summed E-state index contributed by atoms with van der Waals surface area (Å²) in [5.74, 6) is -0.0473. The van der Waals surface area contributed by atoms with Crippen LogP contribution in [0.25, 0.3) is 0 Å². The maximum Gasteiger partial charge on any atom is 0.251 e. The van der Waals surface area contributed by atoms with Gasteiger partial charge in [-0.15, -0.1) is 12.6 Å². The molecule has 0 saturated carbocycles. The van der Waals surface area contributed by atoms with Crippen LogP contribution in [0.1, 0.15) is 16.8 Å². The average molecular weight is 261 g/mol. The molecule has 0 radical (unpaired) electrons. The molecule has 0 aliphatic carbocycles. The fourth-order valence-corrected chi connectivity index (χ4v) is 1.75. The molecule has 0 saturated heterocycles. The number of aromatic nitrogens is 2. The normalized spacial score (nSPS) is 10.3. The minimum absolute atomic E-state index is 0.0473. The van der Waals surface area contributed by atoms with Gasteiger partial charge in [-0.2, -0.15) is 0 Å². The number of hydrogen-bond donors (Lipinski definition) is 2. The summed E-state index contributed by atoms with van der Waals surface area (Å²) in [5, 5.41) is 2.88. The standard InChI is InChI=1S/C13H15N3OS/c17-13(11-2-4-12(18)5-3-11)15-6-1-8-16-9-7-14-10-16/h2-5,7,9-10,18H,1,6,8H2,(H,15,17). The summed E-state index contributed by atoms with van der Waals surface area (Å²) in [6.45, 7) is 1.51. The van der Waals surface area contributed by atoms with E-state index >= 15 is 0 Å². The molecule has 0 aliphatic heterocycles. The first kappa shape index (κ1) is 12.7. The highest BCUT2D eigenvalue weighted by Crippen LogP contribution is 2.07. The van der Waals surface area contributed by atoms with Crippen LogP contribution >= 0.6 is 12.6 Å². The first-order valence-electron chi connectivity index (χ1n) is 5.79. The fourth-order valence-electron chi connectivity index (χ4n) is 1.60. The number of nitrogens with zero attached hydrogens (tertiary/aromatic N) is 2. The summed E-state index contributed by atoms with van der Waals surface area (Å²) < 4.78 is 1.99. The van der Waals surface area contributed by atoms with E-state index < -0.39 is 0 Å². The molecule has 0 spiro atoms. The number of carbonyl (C=O) groups excluding carboxylic acids is 1. The van der Waals surface area contributed by atoms with E-state index in [1.165, 1.54) is 0 Å². The van der Waals surface area contributed by atoms with E-state index in [4.69, 9.17) is 0 Å².